The Morgan fingerprint density at radius 2 is 1.84 bits per heavy atom. The smallest absolute Gasteiger partial charge is 0.224 e. The number of nitrogens with one attached hydrogen (secondary N) is 1. The number of amides is 1. The number of guanidine groups is 1. The van der Waals surface area contributed by atoms with Crippen molar-refractivity contribution in [3.63, 3.8) is 0 Å². The molecule has 3 fully saturated rings. The Kier molecular flexibility index (Phi) is 9.43. The van der Waals surface area contributed by atoms with Crippen LogP contribution in [0.2, 0.25) is 0 Å². The first-order valence-corrected chi connectivity index (χ1v) is 12.2. The summed E-state index contributed by atoms with van der Waals surface area (Å²) in [4.78, 5) is 28.7. The molecular weight excluding hydrogens is 515 g/mol. The van der Waals surface area contributed by atoms with Gasteiger partial charge >= 0.3 is 0 Å². The lowest BCUT2D eigenvalue weighted by Crippen LogP contribution is -2.49. The van der Waals surface area contributed by atoms with Gasteiger partial charge in [-0.2, -0.15) is 0 Å². The fourth-order valence-corrected chi connectivity index (χ4v) is 5.39. The number of hydrogen-bond acceptors (Lipinski definition) is 4. The molecule has 1 aliphatic carbocycles. The molecule has 1 N–H and O–H groups in total. The Hall–Kier alpha value is -1.58. The van der Waals surface area contributed by atoms with Crippen molar-refractivity contribution in [1.29, 1.82) is 0 Å². The van der Waals surface area contributed by atoms with Gasteiger partial charge in [0.2, 0.25) is 5.91 Å². The van der Waals surface area contributed by atoms with E-state index in [9.17, 15) is 4.79 Å². The van der Waals surface area contributed by atoms with E-state index in [0.29, 0.717) is 18.4 Å². The van der Waals surface area contributed by atoms with Crippen LogP contribution < -0.4 is 10.2 Å². The molecule has 1 amide bonds. The molecule has 0 aromatic carbocycles. The number of piperazine rings is 1. The summed E-state index contributed by atoms with van der Waals surface area (Å²) in [6.07, 6.45) is 10.5. The standard InChI is InChI=1S/C24H38N6O.HI/c1-2-25-23(30-15-12-24(20-30)10-5-3-6-11-24)27-14-9-22(31)29-18-16-28(17-19-29)21-8-4-7-13-26-21;/h4,7-8,13H,2-3,5-6,9-12,14-20H2,1H3,(H,25,27);1H. The zero-order chi connectivity index (χ0) is 21.5. The number of pyridine rings is 1. The van der Waals surface area contributed by atoms with E-state index in [2.05, 4.69) is 27.0 Å². The summed E-state index contributed by atoms with van der Waals surface area (Å²) in [5.41, 5.74) is 0.511. The van der Waals surface area contributed by atoms with E-state index in [-0.39, 0.29) is 29.9 Å². The molecular formula is C24H39IN6O. The predicted octanol–water partition coefficient (Wildman–Crippen LogP) is 3.36. The Morgan fingerprint density at radius 1 is 1.06 bits per heavy atom. The van der Waals surface area contributed by atoms with Crippen molar-refractivity contribution in [3.8, 4) is 0 Å². The van der Waals surface area contributed by atoms with Crippen LogP contribution in [0.3, 0.4) is 0 Å². The molecule has 3 heterocycles. The molecule has 1 saturated carbocycles. The maximum atomic E-state index is 12.7. The molecule has 4 rings (SSSR count). The number of carbonyl (C=O) groups excluding carboxylic acids is 1. The highest BCUT2D eigenvalue weighted by Gasteiger charge is 2.39. The van der Waals surface area contributed by atoms with Crippen molar-refractivity contribution in [1.82, 2.24) is 20.1 Å². The maximum Gasteiger partial charge on any atom is 0.224 e. The first kappa shape index (κ1) is 25.1. The Bertz CT molecular complexity index is 744. The van der Waals surface area contributed by atoms with E-state index in [0.717, 1.165) is 57.6 Å². The lowest BCUT2D eigenvalue weighted by Gasteiger charge is -2.35. The number of likely N-dealkylation sites (tertiary alicyclic amines) is 1. The molecule has 0 unspecified atom stereocenters. The summed E-state index contributed by atoms with van der Waals surface area (Å²) in [6.45, 7) is 8.96. The van der Waals surface area contributed by atoms with Gasteiger partial charge in [0, 0.05) is 58.4 Å². The summed E-state index contributed by atoms with van der Waals surface area (Å²) >= 11 is 0. The molecule has 178 valence electrons. The monoisotopic (exact) mass is 554 g/mol. The molecule has 0 radical (unpaired) electrons. The topological polar surface area (TPSA) is 64.1 Å². The lowest BCUT2D eigenvalue weighted by molar-refractivity contribution is -0.131. The molecule has 0 bridgehead atoms. The molecule has 8 heteroatoms. The van der Waals surface area contributed by atoms with E-state index in [1.54, 1.807) is 0 Å². The molecule has 32 heavy (non-hydrogen) atoms. The maximum absolute atomic E-state index is 12.7. The summed E-state index contributed by atoms with van der Waals surface area (Å²) in [7, 11) is 0. The zero-order valence-corrected chi connectivity index (χ0v) is 21.8. The number of nitrogens with zero attached hydrogens (tertiary/aromatic N) is 5. The first-order valence-electron chi connectivity index (χ1n) is 12.2. The molecule has 0 atom stereocenters. The summed E-state index contributed by atoms with van der Waals surface area (Å²) in [5.74, 6) is 2.21. The van der Waals surface area contributed by atoms with Crippen LogP contribution in [0.25, 0.3) is 0 Å². The number of rotatable bonds is 5. The van der Waals surface area contributed by atoms with Gasteiger partial charge in [-0.25, -0.2) is 4.98 Å². The normalized spacial score (nSPS) is 20.9. The molecule has 2 saturated heterocycles. The van der Waals surface area contributed by atoms with Crippen LogP contribution in [0.4, 0.5) is 5.82 Å². The fourth-order valence-electron chi connectivity index (χ4n) is 5.39. The van der Waals surface area contributed by atoms with Gasteiger partial charge in [0.15, 0.2) is 5.96 Å². The number of hydrogen-bond donors (Lipinski definition) is 1. The van der Waals surface area contributed by atoms with Gasteiger partial charge in [-0.3, -0.25) is 9.79 Å². The van der Waals surface area contributed by atoms with Crippen molar-refractivity contribution in [3.05, 3.63) is 24.4 Å². The highest BCUT2D eigenvalue weighted by molar-refractivity contribution is 14.0. The van der Waals surface area contributed by atoms with Crippen molar-refractivity contribution in [2.45, 2.75) is 51.9 Å². The van der Waals surface area contributed by atoms with Gasteiger partial charge in [-0.15, -0.1) is 24.0 Å². The zero-order valence-electron chi connectivity index (χ0n) is 19.5. The molecule has 1 spiro atoms. The van der Waals surface area contributed by atoms with Crippen molar-refractivity contribution in [2.24, 2.45) is 10.4 Å². The van der Waals surface area contributed by atoms with Gasteiger partial charge in [0.1, 0.15) is 5.82 Å². The van der Waals surface area contributed by atoms with Gasteiger partial charge in [0.05, 0.1) is 6.54 Å². The third-order valence-electron chi connectivity index (χ3n) is 7.18. The van der Waals surface area contributed by atoms with Crippen LogP contribution in [0.1, 0.15) is 51.9 Å². The second-order valence-electron chi connectivity index (χ2n) is 9.27. The number of aromatic nitrogens is 1. The van der Waals surface area contributed by atoms with Gasteiger partial charge in [-0.1, -0.05) is 25.3 Å². The van der Waals surface area contributed by atoms with E-state index in [1.165, 1.54) is 38.5 Å². The van der Waals surface area contributed by atoms with Crippen LogP contribution in [0, 0.1) is 5.41 Å². The fraction of sp³-hybridized carbons (Fsp3) is 0.708. The van der Waals surface area contributed by atoms with Gasteiger partial charge < -0.3 is 20.0 Å². The number of anilines is 1. The average Bonchev–Trinajstić information content (AvgIpc) is 3.22. The second-order valence-corrected chi connectivity index (χ2v) is 9.27. The molecule has 1 aromatic heterocycles. The largest absolute Gasteiger partial charge is 0.357 e. The minimum absolute atomic E-state index is 0. The lowest BCUT2D eigenvalue weighted by atomic mass is 9.73. The minimum Gasteiger partial charge on any atom is -0.357 e. The SMILES string of the molecule is CCNC(=NCCC(=O)N1CCN(c2ccccn2)CC1)N1CCC2(CCCCC2)C1.I. The van der Waals surface area contributed by atoms with Crippen LogP contribution in [-0.4, -0.2) is 79.0 Å². The summed E-state index contributed by atoms with van der Waals surface area (Å²) < 4.78 is 0. The quantitative estimate of drug-likeness (QED) is 0.344. The van der Waals surface area contributed by atoms with E-state index < -0.39 is 0 Å². The summed E-state index contributed by atoms with van der Waals surface area (Å²) in [6, 6.07) is 5.98. The second kappa shape index (κ2) is 12.0. The Morgan fingerprint density at radius 3 is 2.53 bits per heavy atom. The summed E-state index contributed by atoms with van der Waals surface area (Å²) in [5, 5.41) is 3.46. The van der Waals surface area contributed by atoms with Crippen molar-refractivity contribution >= 4 is 41.7 Å². The van der Waals surface area contributed by atoms with Crippen LogP contribution in [-0.2, 0) is 4.79 Å². The highest BCUT2D eigenvalue weighted by atomic mass is 127. The van der Waals surface area contributed by atoms with E-state index in [4.69, 9.17) is 4.99 Å². The number of carbonyl (C=O) groups is 1. The average molecular weight is 555 g/mol. The Balaban J connectivity index is 0.00000289. The van der Waals surface area contributed by atoms with Crippen LogP contribution in [0.15, 0.2) is 29.4 Å². The molecule has 3 aliphatic rings. The first-order chi connectivity index (χ1) is 15.2. The van der Waals surface area contributed by atoms with E-state index in [1.807, 2.05) is 29.3 Å². The third kappa shape index (κ3) is 6.26. The van der Waals surface area contributed by atoms with E-state index >= 15 is 0 Å². The molecule has 1 aromatic rings. The molecule has 7 nitrogen and oxygen atoms in total. The molecule has 2 aliphatic heterocycles. The van der Waals surface area contributed by atoms with Gasteiger partial charge in [0.25, 0.3) is 0 Å². The number of aliphatic imine (C=N–C) groups is 1. The van der Waals surface area contributed by atoms with Crippen molar-refractivity contribution in [2.75, 3.05) is 57.3 Å². The third-order valence-corrected chi connectivity index (χ3v) is 7.18. The number of halogens is 1. The van der Waals surface area contributed by atoms with Gasteiger partial charge in [-0.05, 0) is 43.7 Å². The van der Waals surface area contributed by atoms with Crippen LogP contribution >= 0.6 is 24.0 Å². The highest BCUT2D eigenvalue weighted by Crippen LogP contribution is 2.43. The van der Waals surface area contributed by atoms with Crippen LogP contribution in [0.5, 0.6) is 0 Å². The van der Waals surface area contributed by atoms with Crippen molar-refractivity contribution < 1.29 is 4.79 Å². The minimum atomic E-state index is 0. The predicted molar refractivity (Wildman–Crippen MR) is 141 cm³/mol. The Labute approximate surface area is 210 Å².